The van der Waals surface area contributed by atoms with E-state index in [2.05, 4.69) is 0 Å². The number of unbranched alkanes of at least 4 members (excludes halogenated alkanes) is 4. The molecule has 0 heterocycles. The van der Waals surface area contributed by atoms with Gasteiger partial charge in [-0.25, -0.2) is 0 Å². The lowest BCUT2D eigenvalue weighted by molar-refractivity contribution is 0.634. The average molecular weight is 177 g/mol. The standard InChI is InChI=1S/C8H19NOS/c1-11(10)8-6-4-2-3-5-7-9/h2-9H2,1H3. The van der Waals surface area contributed by atoms with Gasteiger partial charge in [0.05, 0.1) is 0 Å². The summed E-state index contributed by atoms with van der Waals surface area (Å²) in [6.07, 6.45) is 7.68. The number of rotatable bonds is 7. The van der Waals surface area contributed by atoms with Crippen LogP contribution in [0.25, 0.3) is 0 Å². The molecule has 2 nitrogen and oxygen atoms in total. The Kier molecular flexibility index (Phi) is 8.29. The van der Waals surface area contributed by atoms with Crippen LogP contribution >= 0.6 is 0 Å². The average Bonchev–Trinajstić information content (AvgIpc) is 1.96. The van der Waals surface area contributed by atoms with Crippen molar-refractivity contribution in [2.75, 3.05) is 18.6 Å². The minimum atomic E-state index is -0.597. The van der Waals surface area contributed by atoms with E-state index in [4.69, 9.17) is 5.73 Å². The van der Waals surface area contributed by atoms with Gasteiger partial charge < -0.3 is 5.73 Å². The van der Waals surface area contributed by atoms with Crippen LogP contribution in [0.1, 0.15) is 32.1 Å². The molecular weight excluding hydrogens is 158 g/mol. The predicted octanol–water partition coefficient (Wildman–Crippen LogP) is 1.27. The zero-order valence-corrected chi connectivity index (χ0v) is 8.16. The van der Waals surface area contributed by atoms with Crippen molar-refractivity contribution in [1.82, 2.24) is 0 Å². The maximum Gasteiger partial charge on any atom is 0.0232 e. The van der Waals surface area contributed by atoms with Gasteiger partial charge in [-0.05, 0) is 19.4 Å². The molecule has 0 saturated carbocycles. The van der Waals surface area contributed by atoms with Gasteiger partial charge in [0.2, 0.25) is 0 Å². The largest absolute Gasteiger partial charge is 0.330 e. The highest BCUT2D eigenvalue weighted by atomic mass is 32.2. The zero-order chi connectivity index (χ0) is 8.53. The Morgan fingerprint density at radius 1 is 1.09 bits per heavy atom. The fraction of sp³-hybridized carbons (Fsp3) is 1.00. The highest BCUT2D eigenvalue weighted by Gasteiger charge is 1.91. The van der Waals surface area contributed by atoms with Crippen molar-refractivity contribution in [3.63, 3.8) is 0 Å². The van der Waals surface area contributed by atoms with Crippen LogP contribution in [0.2, 0.25) is 0 Å². The maximum absolute atomic E-state index is 10.6. The van der Waals surface area contributed by atoms with E-state index >= 15 is 0 Å². The molecule has 0 spiro atoms. The summed E-state index contributed by atoms with van der Waals surface area (Å²) < 4.78 is 10.6. The summed E-state index contributed by atoms with van der Waals surface area (Å²) in [4.78, 5) is 0. The molecule has 0 rings (SSSR count). The molecule has 2 N–H and O–H groups in total. The van der Waals surface area contributed by atoms with Crippen molar-refractivity contribution < 1.29 is 4.21 Å². The summed E-state index contributed by atoms with van der Waals surface area (Å²) in [5.41, 5.74) is 5.34. The molecule has 68 valence electrons. The molecule has 0 bridgehead atoms. The first kappa shape index (κ1) is 11.1. The van der Waals surface area contributed by atoms with E-state index in [-0.39, 0.29) is 0 Å². The van der Waals surface area contributed by atoms with E-state index < -0.39 is 10.8 Å². The van der Waals surface area contributed by atoms with Crippen molar-refractivity contribution >= 4 is 10.8 Å². The zero-order valence-electron chi connectivity index (χ0n) is 7.34. The molecule has 0 amide bonds. The van der Waals surface area contributed by atoms with Crippen LogP contribution in [-0.2, 0) is 10.8 Å². The highest BCUT2D eigenvalue weighted by molar-refractivity contribution is 7.84. The first-order valence-electron chi connectivity index (χ1n) is 4.27. The first-order valence-corrected chi connectivity index (χ1v) is 6.00. The van der Waals surface area contributed by atoms with E-state index in [9.17, 15) is 4.21 Å². The Hall–Kier alpha value is 0.110. The van der Waals surface area contributed by atoms with Gasteiger partial charge in [0.15, 0.2) is 0 Å². The Bertz CT molecular complexity index is 106. The number of nitrogens with two attached hydrogens (primary N) is 1. The fourth-order valence-corrected chi connectivity index (χ4v) is 1.59. The lowest BCUT2D eigenvalue weighted by Gasteiger charge is -1.97. The Labute approximate surface area is 72.0 Å². The molecule has 1 unspecified atom stereocenters. The van der Waals surface area contributed by atoms with Gasteiger partial charge in [0.1, 0.15) is 0 Å². The second-order valence-electron chi connectivity index (χ2n) is 2.83. The minimum absolute atomic E-state index is 0.597. The van der Waals surface area contributed by atoms with Crippen LogP contribution < -0.4 is 5.73 Å². The molecule has 11 heavy (non-hydrogen) atoms. The predicted molar refractivity (Wildman–Crippen MR) is 51.1 cm³/mol. The maximum atomic E-state index is 10.6. The molecule has 3 heteroatoms. The Morgan fingerprint density at radius 3 is 2.18 bits per heavy atom. The molecule has 0 radical (unpaired) electrons. The normalized spacial score (nSPS) is 13.3. The van der Waals surface area contributed by atoms with Crippen molar-refractivity contribution in [3.8, 4) is 0 Å². The summed E-state index contributed by atoms with van der Waals surface area (Å²) in [5.74, 6) is 0.864. The highest BCUT2D eigenvalue weighted by Crippen LogP contribution is 2.02. The third-order valence-electron chi connectivity index (χ3n) is 1.64. The number of hydrogen-bond acceptors (Lipinski definition) is 2. The topological polar surface area (TPSA) is 43.1 Å². The van der Waals surface area contributed by atoms with E-state index in [1.165, 1.54) is 19.3 Å². The Balaban J connectivity index is 2.85. The second kappa shape index (κ2) is 8.21. The summed E-state index contributed by atoms with van der Waals surface area (Å²) in [6, 6.07) is 0. The monoisotopic (exact) mass is 177 g/mol. The molecule has 0 aliphatic rings. The van der Waals surface area contributed by atoms with Crippen LogP contribution in [0, 0.1) is 0 Å². The van der Waals surface area contributed by atoms with Crippen LogP contribution in [0.3, 0.4) is 0 Å². The smallest absolute Gasteiger partial charge is 0.0232 e. The summed E-state index contributed by atoms with van der Waals surface area (Å²) in [6.45, 7) is 0.805. The molecule has 0 saturated heterocycles. The van der Waals surface area contributed by atoms with Gasteiger partial charge in [-0.1, -0.05) is 19.3 Å². The second-order valence-corrected chi connectivity index (χ2v) is 4.39. The fourth-order valence-electron chi connectivity index (χ4n) is 0.980. The van der Waals surface area contributed by atoms with E-state index in [1.54, 1.807) is 6.26 Å². The van der Waals surface area contributed by atoms with Crippen LogP contribution in [0.5, 0.6) is 0 Å². The van der Waals surface area contributed by atoms with Crippen LogP contribution in [0.4, 0.5) is 0 Å². The lowest BCUT2D eigenvalue weighted by Crippen LogP contribution is -1.98. The van der Waals surface area contributed by atoms with Gasteiger partial charge in [0.25, 0.3) is 0 Å². The third kappa shape index (κ3) is 10.1. The first-order chi connectivity index (χ1) is 5.27. The molecule has 0 aromatic rings. The van der Waals surface area contributed by atoms with Crippen LogP contribution in [-0.4, -0.2) is 22.8 Å². The summed E-state index contributed by atoms with van der Waals surface area (Å²) in [7, 11) is -0.597. The molecule has 0 aliphatic carbocycles. The van der Waals surface area contributed by atoms with Crippen molar-refractivity contribution in [1.29, 1.82) is 0 Å². The van der Waals surface area contributed by atoms with Crippen molar-refractivity contribution in [2.45, 2.75) is 32.1 Å². The van der Waals surface area contributed by atoms with Crippen molar-refractivity contribution in [3.05, 3.63) is 0 Å². The van der Waals surface area contributed by atoms with Crippen molar-refractivity contribution in [2.24, 2.45) is 5.73 Å². The van der Waals surface area contributed by atoms with E-state index in [0.29, 0.717) is 0 Å². The lowest BCUT2D eigenvalue weighted by atomic mass is 10.2. The number of hydrogen-bond donors (Lipinski definition) is 1. The summed E-state index contributed by atoms with van der Waals surface area (Å²) in [5, 5.41) is 0. The van der Waals surface area contributed by atoms with Gasteiger partial charge in [-0.2, -0.15) is 0 Å². The molecular formula is C8H19NOS. The molecule has 1 atom stereocenters. The molecule has 0 fully saturated rings. The van der Waals surface area contributed by atoms with Gasteiger partial charge in [-0.15, -0.1) is 0 Å². The third-order valence-corrected chi connectivity index (χ3v) is 2.50. The molecule has 0 aromatic carbocycles. The van der Waals surface area contributed by atoms with Gasteiger partial charge in [-0.3, -0.25) is 4.21 Å². The van der Waals surface area contributed by atoms with Gasteiger partial charge in [0, 0.05) is 22.8 Å². The summed E-state index contributed by atoms with van der Waals surface area (Å²) >= 11 is 0. The Morgan fingerprint density at radius 2 is 1.64 bits per heavy atom. The molecule has 0 aliphatic heterocycles. The minimum Gasteiger partial charge on any atom is -0.330 e. The molecule has 0 aromatic heterocycles. The SMILES string of the molecule is CS(=O)CCCCCCCN. The van der Waals surface area contributed by atoms with Gasteiger partial charge >= 0.3 is 0 Å². The quantitative estimate of drug-likeness (QED) is 0.595. The van der Waals surface area contributed by atoms with Crippen LogP contribution in [0.15, 0.2) is 0 Å². The van der Waals surface area contributed by atoms with E-state index in [1.807, 2.05) is 0 Å². The van der Waals surface area contributed by atoms with E-state index in [0.717, 1.165) is 25.1 Å².